The Bertz CT molecular complexity index is 1490. The molecule has 8 nitrogen and oxygen atoms in total. The van der Waals surface area contributed by atoms with Crippen LogP contribution in [0.5, 0.6) is 0 Å². The lowest BCUT2D eigenvalue weighted by Gasteiger charge is -2.33. The molecule has 45 heavy (non-hydrogen) atoms. The number of nitrogens with zero attached hydrogens (tertiary/aromatic N) is 4. The first-order valence-corrected chi connectivity index (χ1v) is 16.0. The van der Waals surface area contributed by atoms with Gasteiger partial charge in [-0.3, -0.25) is 9.69 Å². The third-order valence-electron chi connectivity index (χ3n) is 8.72. The monoisotopic (exact) mass is 648 g/mol. The number of amides is 1. The van der Waals surface area contributed by atoms with Gasteiger partial charge in [-0.2, -0.15) is 13.2 Å². The molecule has 1 aromatic carbocycles. The van der Waals surface area contributed by atoms with Crippen LogP contribution in [-0.2, 0) is 28.9 Å². The molecule has 5 rings (SSSR count). The Kier molecular flexibility index (Phi) is 9.95. The van der Waals surface area contributed by atoms with Crippen molar-refractivity contribution in [3.05, 3.63) is 64.3 Å². The standard InChI is InChI=1S/C32H36F4N4O4S/c1-3-39(17-21-8-6-20(7-9-21)13-28(41)42)30-26(38-25(16-37-30)27-5-4-10-45-27)18-40-19(2)29(44-31(40)43)23-11-22(15-33)12-24(14-23)32(34,35)36/h4-5,10-12,14,16,19-21,29H,3,6-9,13,15,17-18H2,1-2H3,(H,41,42)/t19-,20-,21-,29?/m0/s1. The van der Waals surface area contributed by atoms with Crippen LogP contribution >= 0.6 is 11.3 Å². The van der Waals surface area contributed by atoms with E-state index < -0.39 is 42.6 Å². The lowest BCUT2D eigenvalue weighted by Crippen LogP contribution is -2.36. The third-order valence-corrected chi connectivity index (χ3v) is 9.62. The number of halogens is 4. The van der Waals surface area contributed by atoms with Crippen LogP contribution in [0.15, 0.2) is 41.9 Å². The van der Waals surface area contributed by atoms with Gasteiger partial charge in [-0.25, -0.2) is 19.2 Å². The van der Waals surface area contributed by atoms with E-state index in [1.165, 1.54) is 22.3 Å². The summed E-state index contributed by atoms with van der Waals surface area (Å²) in [5.41, 5.74) is 0.0975. The summed E-state index contributed by atoms with van der Waals surface area (Å²) in [4.78, 5) is 38.5. The molecule has 0 radical (unpaired) electrons. The van der Waals surface area contributed by atoms with E-state index in [1.54, 1.807) is 13.1 Å². The number of carbonyl (C=O) groups is 2. The van der Waals surface area contributed by atoms with Crippen LogP contribution in [0, 0.1) is 11.8 Å². The average molecular weight is 649 g/mol. The van der Waals surface area contributed by atoms with Crippen LogP contribution in [0.3, 0.4) is 0 Å². The zero-order valence-corrected chi connectivity index (χ0v) is 25.9. The van der Waals surface area contributed by atoms with Gasteiger partial charge in [-0.05, 0) is 92.1 Å². The summed E-state index contributed by atoms with van der Waals surface area (Å²) >= 11 is 1.50. The second kappa shape index (κ2) is 13.7. The second-order valence-corrected chi connectivity index (χ2v) is 12.7. The molecule has 1 aliphatic heterocycles. The van der Waals surface area contributed by atoms with Gasteiger partial charge in [0.15, 0.2) is 5.82 Å². The molecule has 2 fully saturated rings. The van der Waals surface area contributed by atoms with E-state index in [1.807, 2.05) is 24.4 Å². The van der Waals surface area contributed by atoms with E-state index in [0.717, 1.165) is 42.7 Å². The van der Waals surface area contributed by atoms with E-state index in [9.17, 15) is 27.2 Å². The van der Waals surface area contributed by atoms with Crippen LogP contribution in [0.2, 0.25) is 0 Å². The van der Waals surface area contributed by atoms with Gasteiger partial charge in [-0.15, -0.1) is 11.3 Å². The van der Waals surface area contributed by atoms with Gasteiger partial charge in [0.25, 0.3) is 0 Å². The maximum atomic E-state index is 13.6. The van der Waals surface area contributed by atoms with Crippen LogP contribution in [0.1, 0.15) is 74.4 Å². The van der Waals surface area contributed by atoms with Gasteiger partial charge in [0.2, 0.25) is 0 Å². The molecular weight excluding hydrogens is 612 g/mol. The molecule has 1 amide bonds. The van der Waals surface area contributed by atoms with Crippen molar-refractivity contribution in [1.82, 2.24) is 14.9 Å². The third kappa shape index (κ3) is 7.57. The van der Waals surface area contributed by atoms with E-state index in [0.29, 0.717) is 36.2 Å². The number of carboxylic acid groups (broad SMARTS) is 1. The number of benzene rings is 1. The Hall–Kier alpha value is -3.74. The van der Waals surface area contributed by atoms with Crippen LogP contribution < -0.4 is 4.90 Å². The number of anilines is 1. The average Bonchev–Trinajstić information content (AvgIpc) is 3.65. The van der Waals surface area contributed by atoms with Crippen LogP contribution in [-0.4, -0.2) is 51.2 Å². The lowest BCUT2D eigenvalue weighted by atomic mass is 9.80. The highest BCUT2D eigenvalue weighted by Crippen LogP contribution is 2.39. The molecule has 242 valence electrons. The highest BCUT2D eigenvalue weighted by molar-refractivity contribution is 7.13. The van der Waals surface area contributed by atoms with Crippen molar-refractivity contribution in [2.45, 2.75) is 77.5 Å². The Morgan fingerprint density at radius 1 is 1.18 bits per heavy atom. The number of hydrogen-bond acceptors (Lipinski definition) is 7. The SMILES string of the molecule is CCN(C[C@H]1CC[C@H](CC(=O)O)CC1)c1ncc(-c2cccs2)nc1CN1C(=O)OC(c2cc(CF)cc(C(F)(F)F)c2)[C@@H]1C. The molecule has 0 spiro atoms. The maximum Gasteiger partial charge on any atom is 0.416 e. The predicted octanol–water partition coefficient (Wildman–Crippen LogP) is 7.88. The fourth-order valence-corrected chi connectivity index (χ4v) is 7.00. The van der Waals surface area contributed by atoms with Crippen molar-refractivity contribution in [2.75, 3.05) is 18.0 Å². The predicted molar refractivity (Wildman–Crippen MR) is 161 cm³/mol. The molecule has 13 heteroatoms. The first kappa shape index (κ1) is 32.6. The van der Waals surface area contributed by atoms with Crippen molar-refractivity contribution in [3.8, 4) is 10.6 Å². The number of ether oxygens (including phenoxy) is 1. The number of thiophene rings is 1. The number of carbonyl (C=O) groups excluding carboxylic acids is 1. The van der Waals surface area contributed by atoms with Gasteiger partial charge in [0.05, 0.1) is 34.9 Å². The molecule has 0 bridgehead atoms. The minimum atomic E-state index is -4.68. The summed E-state index contributed by atoms with van der Waals surface area (Å²) in [6.45, 7) is 3.93. The number of carboxylic acids is 1. The summed E-state index contributed by atoms with van der Waals surface area (Å²) < 4.78 is 59.8. The summed E-state index contributed by atoms with van der Waals surface area (Å²) in [5.74, 6) is 0.356. The van der Waals surface area contributed by atoms with Crippen molar-refractivity contribution >= 4 is 29.2 Å². The summed E-state index contributed by atoms with van der Waals surface area (Å²) in [7, 11) is 0. The Labute approximate surface area is 263 Å². The normalized spacial score (nSPS) is 22.0. The first-order chi connectivity index (χ1) is 21.5. The molecule has 2 aliphatic rings. The quantitative estimate of drug-likeness (QED) is 0.211. The fraction of sp³-hybridized carbons (Fsp3) is 0.500. The van der Waals surface area contributed by atoms with Crippen LogP contribution in [0.25, 0.3) is 10.6 Å². The highest BCUT2D eigenvalue weighted by atomic mass is 32.1. The molecule has 3 heterocycles. The molecule has 1 N–H and O–H groups in total. The van der Waals surface area contributed by atoms with Gasteiger partial charge < -0.3 is 14.7 Å². The molecule has 2 aromatic heterocycles. The Morgan fingerprint density at radius 3 is 2.53 bits per heavy atom. The summed E-state index contributed by atoms with van der Waals surface area (Å²) in [5, 5.41) is 11.1. The Morgan fingerprint density at radius 2 is 1.91 bits per heavy atom. The number of alkyl halides is 4. The summed E-state index contributed by atoms with van der Waals surface area (Å²) in [6, 6.07) is 6.12. The van der Waals surface area contributed by atoms with Gasteiger partial charge in [0, 0.05) is 19.5 Å². The largest absolute Gasteiger partial charge is 0.481 e. The number of aromatic nitrogens is 2. The molecular formula is C32H36F4N4O4S. The highest BCUT2D eigenvalue weighted by Gasteiger charge is 2.42. The van der Waals surface area contributed by atoms with Crippen LogP contribution in [0.4, 0.5) is 28.2 Å². The molecule has 3 aromatic rings. The molecule has 2 atom stereocenters. The molecule has 1 aliphatic carbocycles. The zero-order chi connectivity index (χ0) is 32.3. The number of aliphatic carboxylic acids is 1. The smallest absolute Gasteiger partial charge is 0.416 e. The minimum Gasteiger partial charge on any atom is -0.481 e. The zero-order valence-electron chi connectivity index (χ0n) is 25.1. The van der Waals surface area contributed by atoms with Crippen molar-refractivity contribution < 1.29 is 37.0 Å². The van der Waals surface area contributed by atoms with E-state index in [2.05, 4.69) is 4.90 Å². The van der Waals surface area contributed by atoms with Crippen molar-refractivity contribution in [2.24, 2.45) is 11.8 Å². The van der Waals surface area contributed by atoms with Gasteiger partial charge in [0.1, 0.15) is 18.5 Å². The number of rotatable bonds is 11. The molecule has 1 saturated carbocycles. The first-order valence-electron chi connectivity index (χ1n) is 15.1. The van der Waals surface area contributed by atoms with Gasteiger partial charge >= 0.3 is 18.2 Å². The number of cyclic esters (lactones) is 1. The lowest BCUT2D eigenvalue weighted by molar-refractivity contribution is -0.139. The number of hydrogen-bond donors (Lipinski definition) is 1. The van der Waals surface area contributed by atoms with E-state index >= 15 is 0 Å². The van der Waals surface area contributed by atoms with E-state index in [4.69, 9.17) is 19.8 Å². The summed E-state index contributed by atoms with van der Waals surface area (Å²) in [6.07, 6.45) is -1.04. The fourth-order valence-electron chi connectivity index (χ4n) is 6.32. The maximum absolute atomic E-state index is 13.6. The minimum absolute atomic E-state index is 0.00876. The van der Waals surface area contributed by atoms with Crippen molar-refractivity contribution in [1.29, 1.82) is 0 Å². The molecule has 1 saturated heterocycles. The second-order valence-electron chi connectivity index (χ2n) is 11.8. The Balaban J connectivity index is 1.41. The van der Waals surface area contributed by atoms with Gasteiger partial charge in [-0.1, -0.05) is 6.07 Å². The topological polar surface area (TPSA) is 95.9 Å². The molecule has 1 unspecified atom stereocenters. The van der Waals surface area contributed by atoms with E-state index in [-0.39, 0.29) is 30.0 Å². The van der Waals surface area contributed by atoms with Crippen molar-refractivity contribution in [3.63, 3.8) is 0 Å².